The minimum absolute atomic E-state index is 0.0119. The molecule has 0 bridgehead atoms. The summed E-state index contributed by atoms with van der Waals surface area (Å²) < 4.78 is 0. The van der Waals surface area contributed by atoms with Gasteiger partial charge in [0.05, 0.1) is 6.54 Å². The number of nitrogens with zero attached hydrogens (tertiary/aromatic N) is 1. The van der Waals surface area contributed by atoms with E-state index in [1.165, 1.54) is 0 Å². The van der Waals surface area contributed by atoms with E-state index in [9.17, 15) is 9.59 Å². The molecule has 0 aromatic carbocycles. The lowest BCUT2D eigenvalue weighted by atomic mass is 10.3. The van der Waals surface area contributed by atoms with Crippen LogP contribution in [0, 0.1) is 12.3 Å². The van der Waals surface area contributed by atoms with E-state index in [2.05, 4.69) is 11.2 Å². The molecule has 0 saturated carbocycles. The average molecular weight is 242 g/mol. The molecule has 1 aliphatic heterocycles. The van der Waals surface area contributed by atoms with Crippen molar-refractivity contribution >= 4 is 23.8 Å². The number of amides is 2. The molecular formula is C10H14N2O3S. The van der Waals surface area contributed by atoms with E-state index in [1.54, 1.807) is 11.8 Å². The summed E-state index contributed by atoms with van der Waals surface area (Å²) in [6, 6.07) is -0.264. The fourth-order valence-corrected chi connectivity index (χ4v) is 2.54. The molecule has 0 aromatic heterocycles. The lowest BCUT2D eigenvalue weighted by molar-refractivity contribution is -0.137. The quantitative estimate of drug-likeness (QED) is 0.692. The lowest BCUT2D eigenvalue weighted by Gasteiger charge is -2.21. The summed E-state index contributed by atoms with van der Waals surface area (Å²) in [5.74, 6) is 3.12. The van der Waals surface area contributed by atoms with Crippen molar-refractivity contribution in [2.45, 2.75) is 12.5 Å². The Hall–Kier alpha value is -1.35. The summed E-state index contributed by atoms with van der Waals surface area (Å²) in [6.07, 6.45) is 6.01. The predicted molar refractivity (Wildman–Crippen MR) is 62.3 cm³/mol. The Morgan fingerprint density at radius 3 is 2.88 bits per heavy atom. The maximum Gasteiger partial charge on any atom is 0.323 e. The molecule has 1 saturated heterocycles. The fraction of sp³-hybridized carbons (Fsp3) is 0.600. The zero-order valence-corrected chi connectivity index (χ0v) is 9.63. The maximum atomic E-state index is 11.7. The van der Waals surface area contributed by atoms with E-state index >= 15 is 0 Å². The molecule has 88 valence electrons. The zero-order valence-electron chi connectivity index (χ0n) is 8.81. The van der Waals surface area contributed by atoms with Crippen molar-refractivity contribution in [2.75, 3.05) is 24.6 Å². The van der Waals surface area contributed by atoms with E-state index in [0.29, 0.717) is 0 Å². The van der Waals surface area contributed by atoms with Gasteiger partial charge in [-0.15, -0.1) is 6.42 Å². The number of hydrogen-bond donors (Lipinski definition) is 2. The highest BCUT2D eigenvalue weighted by atomic mass is 32.2. The molecule has 0 aliphatic carbocycles. The van der Waals surface area contributed by atoms with Gasteiger partial charge >= 0.3 is 12.0 Å². The zero-order chi connectivity index (χ0) is 12.0. The van der Waals surface area contributed by atoms with E-state index < -0.39 is 12.0 Å². The van der Waals surface area contributed by atoms with Crippen molar-refractivity contribution < 1.29 is 14.7 Å². The molecule has 0 aromatic rings. The van der Waals surface area contributed by atoms with Gasteiger partial charge in [0.1, 0.15) is 6.54 Å². The Labute approximate surface area is 98.6 Å². The van der Waals surface area contributed by atoms with Crippen LogP contribution in [0.25, 0.3) is 0 Å². The van der Waals surface area contributed by atoms with E-state index in [4.69, 9.17) is 11.5 Å². The van der Waals surface area contributed by atoms with Gasteiger partial charge in [-0.2, -0.15) is 11.8 Å². The van der Waals surface area contributed by atoms with Crippen LogP contribution in [0.3, 0.4) is 0 Å². The standard InChI is InChI=1S/C10H14N2O3S/c1-2-4-12(6-9(13)14)10(15)11-8-3-5-16-7-8/h1,8H,3-7H2,(H,11,15)(H,13,14). The third-order valence-corrected chi connectivity index (χ3v) is 3.32. The monoisotopic (exact) mass is 242 g/mol. The Morgan fingerprint density at radius 1 is 1.62 bits per heavy atom. The molecule has 1 heterocycles. The summed E-state index contributed by atoms with van der Waals surface area (Å²) in [4.78, 5) is 23.3. The number of rotatable bonds is 4. The highest BCUT2D eigenvalue weighted by Gasteiger charge is 2.21. The summed E-state index contributed by atoms with van der Waals surface area (Å²) in [6.45, 7) is -0.353. The molecule has 1 unspecified atom stereocenters. The van der Waals surface area contributed by atoms with Gasteiger partial charge in [0, 0.05) is 11.8 Å². The normalized spacial score (nSPS) is 18.8. The molecule has 1 fully saturated rings. The Kier molecular flexibility index (Phi) is 4.99. The topological polar surface area (TPSA) is 69.6 Å². The second kappa shape index (κ2) is 6.28. The molecule has 1 aliphatic rings. The SMILES string of the molecule is C#CCN(CC(=O)O)C(=O)NC1CCSC1. The molecular weight excluding hydrogens is 228 g/mol. The van der Waals surface area contributed by atoms with Crippen molar-refractivity contribution in [2.24, 2.45) is 0 Å². The summed E-state index contributed by atoms with van der Waals surface area (Å²) >= 11 is 1.77. The van der Waals surface area contributed by atoms with Crippen molar-refractivity contribution in [3.8, 4) is 12.3 Å². The number of terminal acetylenes is 1. The van der Waals surface area contributed by atoms with Crippen LogP contribution in [-0.4, -0.2) is 52.6 Å². The van der Waals surface area contributed by atoms with Crippen molar-refractivity contribution in [3.63, 3.8) is 0 Å². The van der Waals surface area contributed by atoms with Crippen LogP contribution in [0.15, 0.2) is 0 Å². The van der Waals surface area contributed by atoms with E-state index in [0.717, 1.165) is 22.8 Å². The minimum Gasteiger partial charge on any atom is -0.480 e. The predicted octanol–water partition coefficient (Wildman–Crippen LogP) is 0.221. The molecule has 1 atom stereocenters. The molecule has 0 spiro atoms. The largest absolute Gasteiger partial charge is 0.480 e. The minimum atomic E-state index is -1.06. The van der Waals surface area contributed by atoms with E-state index in [1.807, 2.05) is 0 Å². The summed E-state index contributed by atoms with van der Waals surface area (Å²) in [5.41, 5.74) is 0. The van der Waals surface area contributed by atoms with Crippen molar-refractivity contribution in [3.05, 3.63) is 0 Å². The number of aliphatic carboxylic acids is 1. The molecule has 2 amide bonds. The number of nitrogens with one attached hydrogen (secondary N) is 1. The maximum absolute atomic E-state index is 11.7. The first-order chi connectivity index (χ1) is 7.63. The third-order valence-electron chi connectivity index (χ3n) is 2.15. The van der Waals surface area contributed by atoms with Gasteiger partial charge in [-0.25, -0.2) is 4.79 Å². The van der Waals surface area contributed by atoms with Crippen LogP contribution in [0.5, 0.6) is 0 Å². The number of carbonyl (C=O) groups excluding carboxylic acids is 1. The lowest BCUT2D eigenvalue weighted by Crippen LogP contribution is -2.46. The first kappa shape index (κ1) is 12.7. The average Bonchev–Trinajstić information content (AvgIpc) is 2.69. The van der Waals surface area contributed by atoms with Crippen molar-refractivity contribution in [1.82, 2.24) is 10.2 Å². The molecule has 1 rings (SSSR count). The number of thioether (sulfide) groups is 1. The Balaban J connectivity index is 2.46. The second-order valence-electron chi connectivity index (χ2n) is 3.46. The number of carboxylic acid groups (broad SMARTS) is 1. The Bertz CT molecular complexity index is 308. The van der Waals surface area contributed by atoms with Gasteiger partial charge in [-0.1, -0.05) is 5.92 Å². The first-order valence-corrected chi connectivity index (χ1v) is 6.07. The molecule has 6 heteroatoms. The van der Waals surface area contributed by atoms with Gasteiger partial charge in [0.15, 0.2) is 0 Å². The fourth-order valence-electron chi connectivity index (χ4n) is 1.39. The van der Waals surface area contributed by atoms with Gasteiger partial charge in [-0.05, 0) is 12.2 Å². The van der Waals surface area contributed by atoms with Gasteiger partial charge < -0.3 is 15.3 Å². The molecule has 5 nitrogen and oxygen atoms in total. The van der Waals surface area contributed by atoms with Crippen LogP contribution < -0.4 is 5.32 Å². The number of hydrogen-bond acceptors (Lipinski definition) is 3. The van der Waals surface area contributed by atoms with Gasteiger partial charge in [-0.3, -0.25) is 4.79 Å². The highest BCUT2D eigenvalue weighted by molar-refractivity contribution is 7.99. The van der Waals surface area contributed by atoms with Crippen LogP contribution in [0.4, 0.5) is 4.79 Å². The van der Waals surface area contributed by atoms with Crippen LogP contribution in [-0.2, 0) is 4.79 Å². The van der Waals surface area contributed by atoms with Gasteiger partial charge in [0.25, 0.3) is 0 Å². The summed E-state index contributed by atoms with van der Waals surface area (Å²) in [5, 5.41) is 11.4. The van der Waals surface area contributed by atoms with Crippen LogP contribution in [0.1, 0.15) is 6.42 Å². The smallest absolute Gasteiger partial charge is 0.323 e. The first-order valence-electron chi connectivity index (χ1n) is 4.92. The van der Waals surface area contributed by atoms with Crippen molar-refractivity contribution in [1.29, 1.82) is 0 Å². The van der Waals surface area contributed by atoms with E-state index in [-0.39, 0.29) is 19.1 Å². The number of carbonyl (C=O) groups is 2. The van der Waals surface area contributed by atoms with Crippen LogP contribution >= 0.6 is 11.8 Å². The second-order valence-corrected chi connectivity index (χ2v) is 4.61. The highest BCUT2D eigenvalue weighted by Crippen LogP contribution is 2.17. The Morgan fingerprint density at radius 2 is 2.38 bits per heavy atom. The number of urea groups is 1. The molecule has 2 N–H and O–H groups in total. The molecule has 0 radical (unpaired) electrons. The number of carboxylic acids is 1. The third kappa shape index (κ3) is 4.03. The molecule has 16 heavy (non-hydrogen) atoms. The van der Waals surface area contributed by atoms with Crippen LogP contribution in [0.2, 0.25) is 0 Å². The summed E-state index contributed by atoms with van der Waals surface area (Å²) in [7, 11) is 0. The van der Waals surface area contributed by atoms with Gasteiger partial charge in [0.2, 0.25) is 0 Å².